The number of carbonyl (C=O) groups excluding carboxylic acids is 1. The van der Waals surface area contributed by atoms with Gasteiger partial charge in [0, 0.05) is 72.5 Å². The first-order chi connectivity index (χ1) is 43.1. The molecule has 0 spiro atoms. The topological polar surface area (TPSA) is 311 Å². The van der Waals surface area contributed by atoms with Gasteiger partial charge in [0.1, 0.15) is 48.4 Å². The number of fused-ring (bicyclic) bond motifs is 2. The van der Waals surface area contributed by atoms with E-state index < -0.39 is 77.9 Å². The molecule has 0 aliphatic heterocycles. The van der Waals surface area contributed by atoms with Gasteiger partial charge in [-0.3, -0.25) is 19.0 Å². The first-order valence-electron chi connectivity index (χ1n) is 30.0. The zero-order valence-corrected chi connectivity index (χ0v) is 50.5. The van der Waals surface area contributed by atoms with Gasteiger partial charge >= 0.3 is 24.3 Å². The molecule has 2 aromatic heterocycles. The minimum absolute atomic E-state index is 0. The highest BCUT2D eigenvalue weighted by Crippen LogP contribution is 2.39. The number of allylic oxidation sites excluding steroid dienone is 4. The number of hydrogen-bond donors (Lipinski definition) is 10. The van der Waals surface area contributed by atoms with E-state index in [4.69, 9.17) is 30.8 Å². The van der Waals surface area contributed by atoms with Gasteiger partial charge in [0.2, 0.25) is 0 Å². The van der Waals surface area contributed by atoms with Crippen molar-refractivity contribution in [1.29, 1.82) is 0 Å². The Morgan fingerprint density at radius 1 is 0.620 bits per heavy atom. The lowest BCUT2D eigenvalue weighted by Crippen LogP contribution is -2.22. The van der Waals surface area contributed by atoms with Gasteiger partial charge in [-0.25, -0.2) is 0 Å². The summed E-state index contributed by atoms with van der Waals surface area (Å²) in [5.41, 5.74) is 11.6. The number of esters is 1. The van der Waals surface area contributed by atoms with Crippen molar-refractivity contribution in [1.82, 2.24) is 19.6 Å². The maximum Gasteiger partial charge on any atom is 0.416 e. The molecular weight excluding hydrogens is 1210 g/mol. The number of ether oxygens (including phenoxy) is 3. The molecule has 19 nitrogen and oxygen atoms in total. The van der Waals surface area contributed by atoms with Gasteiger partial charge in [-0.15, -0.1) is 0 Å². The summed E-state index contributed by atoms with van der Waals surface area (Å²) < 4.78 is 96.6. The molecule has 12 N–H and O–H groups in total. The normalized spacial score (nSPS) is 21.4. The molecule has 2 fully saturated rings. The Labute approximate surface area is 530 Å². The number of nitrogens with two attached hydrogens (primary N) is 2. The summed E-state index contributed by atoms with van der Waals surface area (Å²) in [4.78, 5) is 22.9. The third-order valence-electron chi connectivity index (χ3n) is 15.2. The predicted octanol–water partition coefficient (Wildman–Crippen LogP) is 10.1. The fourth-order valence-corrected chi connectivity index (χ4v) is 10.6. The number of carboxylic acid groups (broad SMARTS) is 1. The molecule has 92 heavy (non-hydrogen) atoms. The summed E-state index contributed by atoms with van der Waals surface area (Å²) in [5, 5.41) is 90.3. The number of aromatic hydroxyl groups is 1. The smallest absolute Gasteiger partial charge is 0.416 e. The van der Waals surface area contributed by atoms with Crippen molar-refractivity contribution in [3.63, 3.8) is 0 Å². The van der Waals surface area contributed by atoms with E-state index in [1.807, 2.05) is 50.3 Å². The lowest BCUT2D eigenvalue weighted by molar-refractivity contribution is -0.138. The summed E-state index contributed by atoms with van der Waals surface area (Å²) >= 11 is 0. The summed E-state index contributed by atoms with van der Waals surface area (Å²) in [5.74, 6) is -1.94. The molecule has 0 saturated heterocycles. The molecule has 0 radical (unpaired) electrons. The first kappa shape index (κ1) is 75.1. The molecule has 2 heterocycles. The SMILES string of the molecule is C.C[C@H](N)Cn1ncc2ccc(O)cc21.C[C@H](N)Cn1ncc2ccc(OC(=O)CCC/C=C\C[C@@H]3[C@@H](/C=C/[C@@H](O)COc4cccc(C(F)(F)F)c4)[C@H](O)C[C@@H]3O)cc21.O=C(O)CCC/C=C\C[C@@H]1[C@@H](/C=C/[C@@H](O)COc2cccc(C(F)(F)F)c2)[C@H](O)C[C@@H]1O. The van der Waals surface area contributed by atoms with E-state index >= 15 is 0 Å². The number of nitrogens with zero attached hydrogens (tertiary/aromatic N) is 4. The standard InChI is InChI=1S/C33H40F3N3O6.C23H29F3O6.C10H13N3O.CH4/c1-21(37)19-39-29-16-26(13-11-22(29)18-38-39)45-32(43)10-5-3-2-4-9-27-28(31(42)17-30(27)41)14-12-24(40)20-44-25-8-6-7-23(15-25)33(34,35)36;24-23(25,26)15-6-5-7-17(12-15)32-14-16(27)10-11-19-18(20(28)13-21(19)29)8-3-1-2-4-9-22(30)31;1-7(11)6-13-10-4-9(14)3-2-8(10)5-12-13;/h2,4,6-8,11-16,18,21,24,27-28,30-31,40-42H,3,5,9-10,17,19-20,37H2,1H3;1,3,5-7,10-12,16,18-21,27-29H,2,4,8-9,13-14H2,(H,30,31);2-5,7,14H,6,11H2,1H3;1H4/b4-2-,14-12+;3-1-,11-10+;;/t21-,24+,27+,28+,30-,31+;16-,18-,19-,20+,21-;7-;/m010./s1. The number of aliphatic hydroxyl groups is 6. The van der Waals surface area contributed by atoms with Crippen LogP contribution >= 0.6 is 0 Å². The van der Waals surface area contributed by atoms with Crippen molar-refractivity contribution < 1.29 is 91.0 Å². The van der Waals surface area contributed by atoms with E-state index in [0.29, 0.717) is 57.4 Å². The van der Waals surface area contributed by atoms with Gasteiger partial charge in [0.25, 0.3) is 0 Å². The molecule has 0 amide bonds. The Morgan fingerprint density at radius 3 is 1.51 bits per heavy atom. The van der Waals surface area contributed by atoms with Crippen LogP contribution in [0, 0.1) is 23.7 Å². The fourth-order valence-electron chi connectivity index (χ4n) is 10.6. The average molecular weight is 1300 g/mol. The number of phenolic OH excluding ortho intramolecular Hbond substituents is 1. The molecule has 2 saturated carbocycles. The van der Waals surface area contributed by atoms with Crippen molar-refractivity contribution in [2.45, 2.75) is 160 Å². The van der Waals surface area contributed by atoms with Crippen LogP contribution in [0.4, 0.5) is 26.3 Å². The summed E-state index contributed by atoms with van der Waals surface area (Å²) in [6.07, 6.45) is 6.75. The summed E-state index contributed by atoms with van der Waals surface area (Å²) in [7, 11) is 0. The number of carbonyl (C=O) groups is 2. The second-order valence-corrected chi connectivity index (χ2v) is 22.9. The Hall–Kier alpha value is -7.62. The molecule has 8 rings (SSSR count). The molecule has 504 valence electrons. The number of carboxylic acids is 1. The highest BCUT2D eigenvalue weighted by molar-refractivity contribution is 5.82. The summed E-state index contributed by atoms with van der Waals surface area (Å²) in [6, 6.07) is 19.3. The predicted molar refractivity (Wildman–Crippen MR) is 335 cm³/mol. The van der Waals surface area contributed by atoms with Crippen LogP contribution in [0.2, 0.25) is 0 Å². The fraction of sp³-hybridized carbons (Fsp3) is 0.463. The van der Waals surface area contributed by atoms with E-state index in [1.165, 1.54) is 36.4 Å². The molecular formula is C67H86F6N6O13. The molecule has 0 unspecified atom stereocenters. The lowest BCUT2D eigenvalue weighted by atomic mass is 9.89. The number of phenols is 1. The van der Waals surface area contributed by atoms with Gasteiger partial charge in [-0.2, -0.15) is 36.5 Å². The number of hydrogen-bond acceptors (Lipinski definition) is 16. The molecule has 2 aliphatic rings. The number of alkyl halides is 6. The van der Waals surface area contributed by atoms with E-state index in [1.54, 1.807) is 58.2 Å². The third-order valence-corrected chi connectivity index (χ3v) is 15.2. The molecule has 25 heteroatoms. The van der Waals surface area contributed by atoms with Crippen LogP contribution in [0.1, 0.15) is 96.6 Å². The number of aliphatic hydroxyl groups excluding tert-OH is 6. The Morgan fingerprint density at radius 2 is 1.07 bits per heavy atom. The van der Waals surface area contributed by atoms with E-state index in [-0.39, 0.29) is 93.5 Å². The second-order valence-electron chi connectivity index (χ2n) is 22.9. The lowest BCUT2D eigenvalue weighted by Gasteiger charge is -2.19. The Bertz CT molecular complexity index is 3370. The minimum Gasteiger partial charge on any atom is -0.508 e. The highest BCUT2D eigenvalue weighted by atomic mass is 19.4. The van der Waals surface area contributed by atoms with Crippen LogP contribution in [-0.2, 0) is 35.0 Å². The maximum absolute atomic E-state index is 12.9. The first-order valence-corrected chi connectivity index (χ1v) is 30.0. The quantitative estimate of drug-likeness (QED) is 0.00754. The van der Waals surface area contributed by atoms with E-state index in [2.05, 4.69) is 10.2 Å². The van der Waals surface area contributed by atoms with Crippen LogP contribution in [0.15, 0.2) is 146 Å². The van der Waals surface area contributed by atoms with E-state index in [9.17, 15) is 71.7 Å². The third kappa shape index (κ3) is 24.1. The largest absolute Gasteiger partial charge is 0.508 e. The number of benzene rings is 4. The number of unbranched alkanes of at least 4 members (excludes halogenated alkanes) is 2. The van der Waals surface area contributed by atoms with Crippen molar-refractivity contribution in [2.24, 2.45) is 35.1 Å². The van der Waals surface area contributed by atoms with Crippen LogP contribution in [0.5, 0.6) is 23.0 Å². The van der Waals surface area contributed by atoms with Crippen LogP contribution in [0.3, 0.4) is 0 Å². The van der Waals surface area contributed by atoms with Crippen LogP contribution in [-0.4, -0.2) is 134 Å². The van der Waals surface area contributed by atoms with Crippen molar-refractivity contribution in [3.8, 4) is 23.0 Å². The van der Waals surface area contributed by atoms with Gasteiger partial charge in [0.15, 0.2) is 0 Å². The number of aromatic nitrogens is 4. The summed E-state index contributed by atoms with van der Waals surface area (Å²) in [6.45, 7) is 4.48. The number of rotatable bonds is 27. The van der Waals surface area contributed by atoms with Crippen molar-refractivity contribution in [3.05, 3.63) is 157 Å². The van der Waals surface area contributed by atoms with Gasteiger partial charge in [-0.05, 0) is 125 Å². The molecule has 0 bridgehead atoms. The van der Waals surface area contributed by atoms with Crippen LogP contribution in [0.25, 0.3) is 21.8 Å². The van der Waals surface area contributed by atoms with Gasteiger partial charge in [0.05, 0.1) is 72.1 Å². The van der Waals surface area contributed by atoms with Gasteiger partial charge < -0.3 is 66.5 Å². The Balaban J connectivity index is 0.000000282. The number of aliphatic carboxylic acids is 1. The maximum atomic E-state index is 12.9. The Kier molecular flexibility index (Phi) is 29.4. The number of halogens is 6. The van der Waals surface area contributed by atoms with Gasteiger partial charge in [-0.1, -0.05) is 68.2 Å². The molecule has 12 atom stereocenters. The van der Waals surface area contributed by atoms with E-state index in [0.717, 1.165) is 46.1 Å². The second kappa shape index (κ2) is 36.0. The van der Waals surface area contributed by atoms with Crippen LogP contribution < -0.4 is 25.7 Å². The monoisotopic (exact) mass is 1300 g/mol. The molecule has 6 aromatic rings. The highest BCUT2D eigenvalue weighted by Gasteiger charge is 2.41. The zero-order valence-electron chi connectivity index (χ0n) is 50.5. The molecule has 2 aliphatic carbocycles. The molecule has 4 aromatic carbocycles. The minimum atomic E-state index is -4.50. The zero-order chi connectivity index (χ0) is 66.4. The van der Waals surface area contributed by atoms with Crippen molar-refractivity contribution in [2.75, 3.05) is 13.2 Å². The average Bonchev–Trinajstić information content (AvgIpc) is 1.76. The van der Waals surface area contributed by atoms with Crippen molar-refractivity contribution >= 4 is 33.7 Å².